The lowest BCUT2D eigenvalue weighted by Gasteiger charge is -2.17. The molecule has 0 bridgehead atoms. The molecule has 2 aromatic heterocycles. The minimum atomic E-state index is 0. The number of nitrogens with one attached hydrogen (secondary N) is 1. The zero-order chi connectivity index (χ0) is 14.2. The van der Waals surface area contributed by atoms with Gasteiger partial charge in [0.1, 0.15) is 0 Å². The van der Waals surface area contributed by atoms with Gasteiger partial charge >= 0.3 is 0 Å². The molecule has 0 aliphatic carbocycles. The summed E-state index contributed by atoms with van der Waals surface area (Å²) in [5.74, 6) is 0. The highest BCUT2D eigenvalue weighted by Gasteiger charge is 2.22. The Balaban J connectivity index is 0.00000144. The smallest absolute Gasteiger partial charge is 0.0738 e. The molecule has 0 saturated heterocycles. The van der Waals surface area contributed by atoms with Gasteiger partial charge in [0, 0.05) is 41.5 Å². The first-order chi connectivity index (χ1) is 10.3. The fourth-order valence-electron chi connectivity index (χ4n) is 2.94. The Hall–Kier alpha value is -1.62. The van der Waals surface area contributed by atoms with E-state index < -0.39 is 0 Å². The summed E-state index contributed by atoms with van der Waals surface area (Å²) < 4.78 is 2.23. The van der Waals surface area contributed by atoms with Gasteiger partial charge < -0.3 is 9.88 Å². The van der Waals surface area contributed by atoms with Crippen molar-refractivity contribution in [1.82, 2.24) is 14.9 Å². The first kappa shape index (κ1) is 15.3. The molecule has 0 radical (unpaired) electrons. The number of rotatable bonds is 1. The number of nitrogens with zero attached hydrogens (tertiary/aromatic N) is 2. The van der Waals surface area contributed by atoms with Crippen LogP contribution >= 0.6 is 28.6 Å². The van der Waals surface area contributed by atoms with Crippen LogP contribution in [0, 0.1) is 0 Å². The molecule has 22 heavy (non-hydrogen) atoms. The molecule has 1 aliphatic rings. The van der Waals surface area contributed by atoms with Crippen LogP contribution in [0.2, 0.25) is 5.02 Å². The van der Waals surface area contributed by atoms with E-state index in [2.05, 4.69) is 51.4 Å². The van der Waals surface area contributed by atoms with E-state index in [9.17, 15) is 0 Å². The second-order valence-electron chi connectivity index (χ2n) is 5.17. The molecule has 1 unspecified atom stereocenters. The molecule has 0 saturated carbocycles. The van der Waals surface area contributed by atoms with Crippen LogP contribution in [-0.2, 0) is 6.54 Å². The van der Waals surface area contributed by atoms with Crippen molar-refractivity contribution in [2.24, 2.45) is 0 Å². The maximum absolute atomic E-state index is 6.14. The molecule has 1 atom stereocenters. The molecule has 5 heteroatoms. The van der Waals surface area contributed by atoms with Gasteiger partial charge in [-0.1, -0.05) is 11.6 Å². The number of pyridine rings is 1. The fourth-order valence-corrected chi connectivity index (χ4v) is 3.14. The van der Waals surface area contributed by atoms with E-state index in [0.717, 1.165) is 11.6 Å². The molecule has 0 fully saturated rings. The number of benzene rings is 1. The van der Waals surface area contributed by atoms with Gasteiger partial charge in [0.2, 0.25) is 0 Å². The Labute approximate surface area is 144 Å². The van der Waals surface area contributed by atoms with E-state index in [0.29, 0.717) is 0 Å². The Morgan fingerprint density at radius 2 is 1.95 bits per heavy atom. The second kappa shape index (κ2) is 6.24. The third-order valence-corrected chi connectivity index (χ3v) is 4.15. The minimum Gasteiger partial charge on any atom is -0.319 e. The number of fused-ring (bicyclic) bond motifs is 3. The van der Waals surface area contributed by atoms with Crippen molar-refractivity contribution < 1.29 is 0 Å². The SMILES string of the molecule is Br.Clc1ccc2c(c1)CNC(c1ccncc1)c1cccn1-2. The predicted molar refractivity (Wildman–Crippen MR) is 94.0 cm³/mol. The van der Waals surface area contributed by atoms with E-state index in [1.165, 1.54) is 22.5 Å². The van der Waals surface area contributed by atoms with Crippen LogP contribution < -0.4 is 5.32 Å². The zero-order valence-electron chi connectivity index (χ0n) is 11.7. The predicted octanol–water partition coefficient (Wildman–Crippen LogP) is 4.30. The summed E-state index contributed by atoms with van der Waals surface area (Å²) in [6.45, 7) is 0.782. The standard InChI is InChI=1S/C17H14ClN3.BrH/c18-14-3-4-15-13(10-14)11-20-17(12-5-7-19-8-6-12)16-2-1-9-21(15)16;/h1-10,17,20H,11H2;1H. The molecule has 0 spiro atoms. The monoisotopic (exact) mass is 375 g/mol. The summed E-state index contributed by atoms with van der Waals surface area (Å²) in [6.07, 6.45) is 5.77. The van der Waals surface area contributed by atoms with Crippen LogP contribution in [0.4, 0.5) is 0 Å². The average molecular weight is 377 g/mol. The molecule has 0 amide bonds. The summed E-state index contributed by atoms with van der Waals surface area (Å²) in [4.78, 5) is 4.11. The Kier molecular flexibility index (Phi) is 4.34. The molecule has 3 heterocycles. The molecule has 1 aromatic carbocycles. The largest absolute Gasteiger partial charge is 0.319 e. The molecule has 112 valence electrons. The van der Waals surface area contributed by atoms with Crippen molar-refractivity contribution in [3.05, 3.63) is 82.9 Å². The molecular weight excluding hydrogens is 362 g/mol. The maximum Gasteiger partial charge on any atom is 0.0738 e. The molecule has 1 aliphatic heterocycles. The Morgan fingerprint density at radius 3 is 2.77 bits per heavy atom. The van der Waals surface area contributed by atoms with E-state index in [-0.39, 0.29) is 23.0 Å². The van der Waals surface area contributed by atoms with Crippen molar-refractivity contribution in [3.63, 3.8) is 0 Å². The van der Waals surface area contributed by atoms with Crippen molar-refractivity contribution >= 4 is 28.6 Å². The fraction of sp³-hybridized carbons (Fsp3) is 0.118. The van der Waals surface area contributed by atoms with Gasteiger partial charge in [0.25, 0.3) is 0 Å². The Bertz CT molecular complexity index is 786. The topological polar surface area (TPSA) is 29.9 Å². The number of aromatic nitrogens is 2. The van der Waals surface area contributed by atoms with Crippen molar-refractivity contribution in [2.45, 2.75) is 12.6 Å². The van der Waals surface area contributed by atoms with Crippen LogP contribution in [0.3, 0.4) is 0 Å². The van der Waals surface area contributed by atoms with E-state index >= 15 is 0 Å². The summed E-state index contributed by atoms with van der Waals surface area (Å²) in [5, 5.41) is 4.39. The third kappa shape index (κ3) is 2.58. The number of hydrogen-bond acceptors (Lipinski definition) is 2. The third-order valence-electron chi connectivity index (χ3n) is 3.91. The highest BCUT2D eigenvalue weighted by molar-refractivity contribution is 8.93. The summed E-state index contributed by atoms with van der Waals surface area (Å²) in [6, 6.07) is 14.5. The highest BCUT2D eigenvalue weighted by atomic mass is 79.9. The normalized spacial score (nSPS) is 16.1. The molecule has 3 nitrogen and oxygen atoms in total. The quantitative estimate of drug-likeness (QED) is 0.686. The first-order valence-electron chi connectivity index (χ1n) is 6.92. The van der Waals surface area contributed by atoms with Crippen molar-refractivity contribution in [3.8, 4) is 5.69 Å². The summed E-state index contributed by atoms with van der Waals surface area (Å²) in [7, 11) is 0. The van der Waals surface area contributed by atoms with E-state index in [1.54, 1.807) is 0 Å². The van der Waals surface area contributed by atoms with Gasteiger partial charge in [-0.15, -0.1) is 17.0 Å². The lowest BCUT2D eigenvalue weighted by atomic mass is 10.1. The number of hydrogen-bond donors (Lipinski definition) is 1. The lowest BCUT2D eigenvalue weighted by Crippen LogP contribution is -2.21. The van der Waals surface area contributed by atoms with Gasteiger partial charge in [-0.2, -0.15) is 0 Å². The van der Waals surface area contributed by atoms with Crippen LogP contribution in [0.1, 0.15) is 22.9 Å². The summed E-state index contributed by atoms with van der Waals surface area (Å²) in [5.41, 5.74) is 4.83. The molecule has 3 aromatic rings. The van der Waals surface area contributed by atoms with Gasteiger partial charge in [-0.25, -0.2) is 0 Å². The van der Waals surface area contributed by atoms with Crippen molar-refractivity contribution in [1.29, 1.82) is 0 Å². The van der Waals surface area contributed by atoms with Crippen LogP contribution in [0.15, 0.2) is 61.1 Å². The average Bonchev–Trinajstić information content (AvgIpc) is 2.93. The maximum atomic E-state index is 6.14. The number of halogens is 2. The summed E-state index contributed by atoms with van der Waals surface area (Å²) >= 11 is 6.14. The van der Waals surface area contributed by atoms with E-state index in [1.807, 2.05) is 24.5 Å². The van der Waals surface area contributed by atoms with Gasteiger partial charge in [-0.3, -0.25) is 4.98 Å². The lowest BCUT2D eigenvalue weighted by molar-refractivity contribution is 0.600. The van der Waals surface area contributed by atoms with Crippen LogP contribution in [0.5, 0.6) is 0 Å². The Morgan fingerprint density at radius 1 is 1.14 bits per heavy atom. The molecular formula is C17H15BrClN3. The van der Waals surface area contributed by atoms with Crippen LogP contribution in [0.25, 0.3) is 5.69 Å². The minimum absolute atomic E-state index is 0. The molecule has 1 N–H and O–H groups in total. The zero-order valence-corrected chi connectivity index (χ0v) is 14.2. The van der Waals surface area contributed by atoms with Crippen LogP contribution in [-0.4, -0.2) is 9.55 Å². The molecule has 4 rings (SSSR count). The van der Waals surface area contributed by atoms with Gasteiger partial charge in [-0.05, 0) is 53.6 Å². The highest BCUT2D eigenvalue weighted by Crippen LogP contribution is 2.31. The second-order valence-corrected chi connectivity index (χ2v) is 5.61. The first-order valence-corrected chi connectivity index (χ1v) is 7.30. The van der Waals surface area contributed by atoms with Crippen molar-refractivity contribution in [2.75, 3.05) is 0 Å². The van der Waals surface area contributed by atoms with Gasteiger partial charge in [0.05, 0.1) is 6.04 Å². The van der Waals surface area contributed by atoms with E-state index in [4.69, 9.17) is 11.6 Å². The van der Waals surface area contributed by atoms with Gasteiger partial charge in [0.15, 0.2) is 0 Å².